The van der Waals surface area contributed by atoms with Gasteiger partial charge in [-0.3, -0.25) is 18.7 Å². The van der Waals surface area contributed by atoms with Crippen LogP contribution in [-0.2, 0) is 32.2 Å². The summed E-state index contributed by atoms with van der Waals surface area (Å²) in [4.78, 5) is 55.0. The Kier molecular flexibility index (Phi) is 14.8. The van der Waals surface area contributed by atoms with E-state index in [-0.39, 0.29) is 49.6 Å². The quantitative estimate of drug-likeness (QED) is 0.0418. The minimum absolute atomic E-state index is 0.186. The summed E-state index contributed by atoms with van der Waals surface area (Å²) in [6, 6.07) is 13.6. The molecule has 0 saturated carbocycles. The molecule has 2 fully saturated rings. The number of aliphatic hydroxyl groups is 4. The summed E-state index contributed by atoms with van der Waals surface area (Å²) in [6.07, 6.45) is -2.24. The van der Waals surface area contributed by atoms with Crippen LogP contribution in [-0.4, -0.2) is 170 Å². The van der Waals surface area contributed by atoms with E-state index in [0.717, 1.165) is 22.3 Å². The van der Waals surface area contributed by atoms with Crippen LogP contribution in [0.2, 0.25) is 0 Å². The normalized spacial score (nSPS) is 23.7. The number of nitrogens with one attached hydrogen (secondary N) is 2. The Morgan fingerprint density at radius 2 is 1.03 bits per heavy atom. The predicted molar refractivity (Wildman–Crippen MR) is 247 cm³/mol. The van der Waals surface area contributed by atoms with E-state index < -0.39 is 61.2 Å². The van der Waals surface area contributed by atoms with Crippen molar-refractivity contribution in [3.63, 3.8) is 0 Å². The lowest BCUT2D eigenvalue weighted by atomic mass is 9.95. The molecule has 2 aliphatic rings. The van der Waals surface area contributed by atoms with Crippen LogP contribution in [0.1, 0.15) is 36.4 Å². The van der Waals surface area contributed by atoms with Crippen molar-refractivity contribution in [1.29, 1.82) is 0 Å². The van der Waals surface area contributed by atoms with Crippen LogP contribution >= 0.6 is 0 Å². The molecule has 4 aromatic heterocycles. The molecule has 24 nitrogen and oxygen atoms in total. The van der Waals surface area contributed by atoms with Gasteiger partial charge in [0.1, 0.15) is 60.3 Å². The smallest absolute Gasteiger partial charge is 0.237 e. The maximum absolute atomic E-state index is 13.3. The lowest BCUT2D eigenvalue weighted by molar-refractivity contribution is -0.123. The topological polar surface area (TPSA) is 355 Å². The van der Waals surface area contributed by atoms with E-state index in [1.807, 2.05) is 72.4 Å². The van der Waals surface area contributed by atoms with E-state index >= 15 is 0 Å². The lowest BCUT2D eigenvalue weighted by Crippen LogP contribution is -2.44. The van der Waals surface area contributed by atoms with Crippen LogP contribution in [0.5, 0.6) is 0 Å². The van der Waals surface area contributed by atoms with Crippen molar-refractivity contribution < 1.29 is 39.5 Å². The number of aromatic nitrogens is 8. The summed E-state index contributed by atoms with van der Waals surface area (Å²) < 4.78 is 15.2. The van der Waals surface area contributed by atoms with E-state index in [2.05, 4.69) is 40.5 Å². The monoisotopic (exact) mass is 938 g/mol. The summed E-state index contributed by atoms with van der Waals surface area (Å²) in [5.41, 5.74) is 29.4. The highest BCUT2D eigenvalue weighted by Crippen LogP contribution is 2.34. The standard InChI is InChI=1S/C44H58N16O8/c1-57(17-29-33(61)35(63)43(67-29)59-21-55-31-37(47)51-19-53-39(31)59)13-11-27(45)41(65)49-15-23-7-3-5-9-25(23)26-10-6-4-8-24(26)16-50-42(66)28(46)12-14-58(2)18-30-34(62)36(64)44(68-30)60-22-56-32-38(48)52-20-54-40(32)60/h3-10,19-22,27-30,33-36,43-44,61-64H,11-18,45-46H2,1-2H3,(H,49,65)(H,50,66)(H2,47,51,53)(H2,48,52,54)/t27-,28-,29+,30+,33+,34+,35+,36+,43+,44+/m0/s1. The number of carbonyl (C=O) groups excluding carboxylic acids is 2. The van der Waals surface area contributed by atoms with Crippen LogP contribution in [0.3, 0.4) is 0 Å². The molecule has 0 radical (unpaired) electrons. The number of likely N-dealkylation sites (N-methyl/N-ethyl adjacent to an activating group) is 2. The first-order valence-corrected chi connectivity index (χ1v) is 22.2. The molecule has 2 saturated heterocycles. The Bertz CT molecular complexity index is 2520. The van der Waals surface area contributed by atoms with Gasteiger partial charge in [0.2, 0.25) is 11.8 Å². The van der Waals surface area contributed by atoms with Crippen LogP contribution in [0, 0.1) is 0 Å². The minimum Gasteiger partial charge on any atom is -0.387 e. The Labute approximate surface area is 390 Å². The Hall–Kier alpha value is -6.32. The van der Waals surface area contributed by atoms with E-state index in [9.17, 15) is 30.0 Å². The number of nitrogens with zero attached hydrogens (tertiary/aromatic N) is 10. The summed E-state index contributed by atoms with van der Waals surface area (Å²) in [6.45, 7) is 1.70. The van der Waals surface area contributed by atoms with Crippen LogP contribution in [0.25, 0.3) is 33.5 Å². The molecule has 6 heterocycles. The first-order chi connectivity index (χ1) is 32.7. The molecule has 2 aliphatic heterocycles. The average molecular weight is 939 g/mol. The second-order valence-corrected chi connectivity index (χ2v) is 17.3. The molecule has 0 spiro atoms. The highest BCUT2D eigenvalue weighted by Gasteiger charge is 2.46. The second kappa shape index (κ2) is 20.9. The van der Waals surface area contributed by atoms with Gasteiger partial charge in [0.25, 0.3) is 0 Å². The number of imidazole rings is 2. The largest absolute Gasteiger partial charge is 0.387 e. The zero-order valence-corrected chi connectivity index (χ0v) is 37.6. The summed E-state index contributed by atoms with van der Waals surface area (Å²) >= 11 is 0. The Morgan fingerprint density at radius 3 is 1.44 bits per heavy atom. The third-order valence-corrected chi connectivity index (χ3v) is 12.5. The number of hydrogen-bond donors (Lipinski definition) is 10. The lowest BCUT2D eigenvalue weighted by Gasteiger charge is -2.24. The molecule has 0 aliphatic carbocycles. The molecule has 68 heavy (non-hydrogen) atoms. The number of benzene rings is 2. The number of nitrogen functional groups attached to an aromatic ring is 2. The van der Waals surface area contributed by atoms with Crippen molar-refractivity contribution in [3.05, 3.63) is 85.0 Å². The van der Waals surface area contributed by atoms with Gasteiger partial charge in [-0.2, -0.15) is 0 Å². The van der Waals surface area contributed by atoms with E-state index in [0.29, 0.717) is 48.3 Å². The van der Waals surface area contributed by atoms with E-state index in [4.69, 9.17) is 32.4 Å². The molecule has 0 bridgehead atoms. The maximum atomic E-state index is 13.3. The number of aliphatic hydroxyl groups excluding tert-OH is 4. The first kappa shape index (κ1) is 48.1. The number of nitrogens with two attached hydrogens (primary N) is 4. The molecule has 24 heteroatoms. The minimum atomic E-state index is -1.25. The predicted octanol–water partition coefficient (Wildman–Crippen LogP) is -2.03. The highest BCUT2D eigenvalue weighted by atomic mass is 16.6. The first-order valence-electron chi connectivity index (χ1n) is 22.2. The van der Waals surface area contributed by atoms with Crippen molar-refractivity contribution in [3.8, 4) is 11.1 Å². The third kappa shape index (κ3) is 10.2. The van der Waals surface area contributed by atoms with Gasteiger partial charge in [0, 0.05) is 26.2 Å². The van der Waals surface area contributed by atoms with Crippen LogP contribution < -0.4 is 33.6 Å². The average Bonchev–Trinajstić information content (AvgIpc) is 4.11. The zero-order chi connectivity index (χ0) is 48.2. The number of rotatable bonds is 19. The fraction of sp³-hybridized carbons (Fsp3) is 0.455. The number of anilines is 2. The van der Waals surface area contributed by atoms with Crippen molar-refractivity contribution in [2.45, 2.75) is 87.1 Å². The number of hydrogen-bond acceptors (Lipinski definition) is 20. The fourth-order valence-electron chi connectivity index (χ4n) is 8.61. The number of fused-ring (bicyclic) bond motifs is 2. The molecule has 0 unspecified atom stereocenters. The molecule has 362 valence electrons. The van der Waals surface area contributed by atoms with E-state index in [1.165, 1.54) is 34.4 Å². The SMILES string of the molecule is CN(CC[C@H](N)C(=O)NCc1ccccc1-c1ccccc1CNC(=O)[C@@H](N)CCN(C)C[C@H]1O[C@@H](n2cnc3c(N)ncnc32)[C@H](O)[C@@H]1O)C[C@H]1O[C@@H](n2cnc3c(N)ncnc32)[C@H](O)[C@@H]1O. The van der Waals surface area contributed by atoms with Crippen molar-refractivity contribution in [2.24, 2.45) is 11.5 Å². The highest BCUT2D eigenvalue weighted by molar-refractivity contribution is 5.83. The fourth-order valence-corrected chi connectivity index (χ4v) is 8.61. The molecular weight excluding hydrogens is 881 g/mol. The molecule has 14 N–H and O–H groups in total. The summed E-state index contributed by atoms with van der Waals surface area (Å²) in [7, 11) is 3.62. The molecule has 2 amide bonds. The molecule has 2 aromatic carbocycles. The number of amides is 2. The van der Waals surface area contributed by atoms with E-state index in [1.54, 1.807) is 0 Å². The second-order valence-electron chi connectivity index (χ2n) is 17.3. The molecular formula is C44H58N16O8. The van der Waals surface area contributed by atoms with Gasteiger partial charge in [0.15, 0.2) is 35.4 Å². The molecule has 6 aromatic rings. The maximum Gasteiger partial charge on any atom is 0.237 e. The summed E-state index contributed by atoms with van der Waals surface area (Å²) in [5.74, 6) is -0.308. The molecule has 10 atom stereocenters. The third-order valence-electron chi connectivity index (χ3n) is 12.5. The van der Waals surface area contributed by atoms with Crippen molar-refractivity contribution >= 4 is 45.8 Å². The van der Waals surface area contributed by atoms with Gasteiger partial charge in [-0.25, -0.2) is 29.9 Å². The zero-order valence-electron chi connectivity index (χ0n) is 37.6. The van der Waals surface area contributed by atoms with Gasteiger partial charge in [-0.15, -0.1) is 0 Å². The van der Waals surface area contributed by atoms with Crippen LogP contribution in [0.4, 0.5) is 11.6 Å². The van der Waals surface area contributed by atoms with Gasteiger partial charge in [-0.1, -0.05) is 48.5 Å². The van der Waals surface area contributed by atoms with Gasteiger partial charge in [-0.05, 0) is 62.3 Å². The number of ether oxygens (including phenoxy) is 2. The van der Waals surface area contributed by atoms with Crippen molar-refractivity contribution in [1.82, 2.24) is 59.5 Å². The van der Waals surface area contributed by atoms with Crippen LogP contribution in [0.15, 0.2) is 73.8 Å². The van der Waals surface area contributed by atoms with Gasteiger partial charge >= 0.3 is 0 Å². The van der Waals surface area contributed by atoms with Crippen molar-refractivity contribution in [2.75, 3.05) is 51.7 Å². The Morgan fingerprint density at radius 1 is 0.632 bits per heavy atom. The van der Waals surface area contributed by atoms with Gasteiger partial charge in [0.05, 0.1) is 24.7 Å². The van der Waals surface area contributed by atoms with Gasteiger partial charge < -0.3 is 73.3 Å². The summed E-state index contributed by atoms with van der Waals surface area (Å²) in [5, 5.41) is 49.3. The number of carbonyl (C=O) groups is 2. The Balaban J connectivity index is 0.785. The molecule has 8 rings (SSSR count).